The molecule has 0 bridgehead atoms. The van der Waals surface area contributed by atoms with E-state index in [9.17, 15) is 9.18 Å². The van der Waals surface area contributed by atoms with Crippen molar-refractivity contribution in [2.24, 2.45) is 0 Å². The first-order chi connectivity index (χ1) is 12.5. The van der Waals surface area contributed by atoms with Crippen molar-refractivity contribution >= 4 is 5.91 Å². The summed E-state index contributed by atoms with van der Waals surface area (Å²) in [5, 5.41) is 0. The van der Waals surface area contributed by atoms with Gasteiger partial charge in [0.05, 0.1) is 6.10 Å². The lowest BCUT2D eigenvalue weighted by Crippen LogP contribution is -2.48. The highest BCUT2D eigenvalue weighted by molar-refractivity contribution is 5.94. The zero-order valence-corrected chi connectivity index (χ0v) is 15.3. The molecule has 1 amide bonds. The van der Waals surface area contributed by atoms with Gasteiger partial charge in [0.1, 0.15) is 11.6 Å². The van der Waals surface area contributed by atoms with Crippen LogP contribution >= 0.6 is 0 Å². The first-order valence-corrected chi connectivity index (χ1v) is 9.04. The first-order valence-electron chi connectivity index (χ1n) is 9.04. The van der Waals surface area contributed by atoms with Gasteiger partial charge < -0.3 is 9.64 Å². The Labute approximate surface area is 154 Å². The third-order valence-corrected chi connectivity index (χ3v) is 4.48. The van der Waals surface area contributed by atoms with Gasteiger partial charge in [-0.1, -0.05) is 18.2 Å². The number of carbonyl (C=O) groups excluding carboxylic acids is 1. The Balaban J connectivity index is 1.57. The molecule has 2 aromatic carbocycles. The number of nitrogens with zero attached hydrogens (tertiary/aromatic N) is 2. The maximum absolute atomic E-state index is 13.0. The average Bonchev–Trinajstić information content (AvgIpc) is 2.64. The van der Waals surface area contributed by atoms with Crippen LogP contribution in [-0.2, 0) is 6.54 Å². The van der Waals surface area contributed by atoms with Crippen LogP contribution in [0.3, 0.4) is 0 Å². The standard InChI is InChI=1S/C21H25FN2O2/c1-16(2)26-20-6-4-3-5-18(20)15-23-11-13-24(14-12-23)21(25)17-7-9-19(22)10-8-17/h3-10,16H,11-15H2,1-2H3. The van der Waals surface area contributed by atoms with Gasteiger partial charge in [0, 0.05) is 43.9 Å². The van der Waals surface area contributed by atoms with E-state index in [1.807, 2.05) is 36.9 Å². The molecule has 0 atom stereocenters. The van der Waals surface area contributed by atoms with Crippen molar-refractivity contribution in [1.29, 1.82) is 0 Å². The van der Waals surface area contributed by atoms with Gasteiger partial charge in [-0.25, -0.2) is 4.39 Å². The van der Waals surface area contributed by atoms with Crippen molar-refractivity contribution in [2.75, 3.05) is 26.2 Å². The van der Waals surface area contributed by atoms with Gasteiger partial charge in [-0.15, -0.1) is 0 Å². The van der Waals surface area contributed by atoms with E-state index in [1.54, 1.807) is 12.1 Å². The lowest BCUT2D eigenvalue weighted by molar-refractivity contribution is 0.0626. The molecule has 26 heavy (non-hydrogen) atoms. The Kier molecular flexibility index (Phi) is 5.89. The number of halogens is 1. The molecule has 0 aliphatic carbocycles. The molecule has 5 heteroatoms. The van der Waals surface area contributed by atoms with E-state index in [0.29, 0.717) is 18.7 Å². The lowest BCUT2D eigenvalue weighted by Gasteiger charge is -2.35. The second kappa shape index (κ2) is 8.32. The predicted octanol–water partition coefficient (Wildman–Crippen LogP) is 3.57. The minimum Gasteiger partial charge on any atom is -0.491 e. The third-order valence-electron chi connectivity index (χ3n) is 4.48. The topological polar surface area (TPSA) is 32.8 Å². The molecule has 0 saturated carbocycles. The second-order valence-corrected chi connectivity index (χ2v) is 6.85. The SMILES string of the molecule is CC(C)Oc1ccccc1CN1CCN(C(=O)c2ccc(F)cc2)CC1. The zero-order valence-electron chi connectivity index (χ0n) is 15.3. The van der Waals surface area contributed by atoms with Gasteiger partial charge in [-0.05, 0) is 44.2 Å². The highest BCUT2D eigenvalue weighted by Gasteiger charge is 2.22. The molecule has 1 aliphatic heterocycles. The van der Waals surface area contributed by atoms with Crippen LogP contribution in [0.25, 0.3) is 0 Å². The summed E-state index contributed by atoms with van der Waals surface area (Å²) in [7, 11) is 0. The van der Waals surface area contributed by atoms with E-state index >= 15 is 0 Å². The van der Waals surface area contributed by atoms with Crippen molar-refractivity contribution < 1.29 is 13.9 Å². The van der Waals surface area contributed by atoms with E-state index in [2.05, 4.69) is 11.0 Å². The van der Waals surface area contributed by atoms with Crippen molar-refractivity contribution in [3.8, 4) is 5.75 Å². The molecule has 0 unspecified atom stereocenters. The smallest absolute Gasteiger partial charge is 0.253 e. The summed E-state index contributed by atoms with van der Waals surface area (Å²) in [5.41, 5.74) is 1.70. The summed E-state index contributed by atoms with van der Waals surface area (Å²) in [5.74, 6) is 0.564. The summed E-state index contributed by atoms with van der Waals surface area (Å²) in [6.45, 7) is 7.81. The van der Waals surface area contributed by atoms with Crippen LogP contribution in [0.1, 0.15) is 29.8 Å². The summed E-state index contributed by atoms with van der Waals surface area (Å²) < 4.78 is 18.9. The fourth-order valence-electron chi connectivity index (χ4n) is 3.13. The Morgan fingerprint density at radius 3 is 2.35 bits per heavy atom. The Morgan fingerprint density at radius 2 is 1.69 bits per heavy atom. The molecule has 1 aliphatic rings. The number of amides is 1. The van der Waals surface area contributed by atoms with Crippen LogP contribution in [0, 0.1) is 5.82 Å². The number of ether oxygens (including phenoxy) is 1. The minimum absolute atomic E-state index is 0.0341. The molecule has 1 heterocycles. The molecule has 0 spiro atoms. The second-order valence-electron chi connectivity index (χ2n) is 6.85. The number of rotatable bonds is 5. The highest BCUT2D eigenvalue weighted by atomic mass is 19.1. The summed E-state index contributed by atoms with van der Waals surface area (Å²) in [4.78, 5) is 16.7. The van der Waals surface area contributed by atoms with Gasteiger partial charge in [-0.3, -0.25) is 9.69 Å². The van der Waals surface area contributed by atoms with Crippen LogP contribution < -0.4 is 4.74 Å². The van der Waals surface area contributed by atoms with Crippen LogP contribution in [0.5, 0.6) is 5.75 Å². The number of para-hydroxylation sites is 1. The van der Waals surface area contributed by atoms with E-state index in [4.69, 9.17) is 4.74 Å². The van der Waals surface area contributed by atoms with E-state index < -0.39 is 0 Å². The molecule has 0 aromatic heterocycles. The Bertz CT molecular complexity index is 738. The van der Waals surface area contributed by atoms with Crippen molar-refractivity contribution in [3.63, 3.8) is 0 Å². The van der Waals surface area contributed by atoms with Gasteiger partial charge in [0.15, 0.2) is 0 Å². The van der Waals surface area contributed by atoms with E-state index in [0.717, 1.165) is 25.4 Å². The average molecular weight is 356 g/mol. The molecule has 0 N–H and O–H groups in total. The fourth-order valence-corrected chi connectivity index (χ4v) is 3.13. The summed E-state index contributed by atoms with van der Waals surface area (Å²) in [6.07, 6.45) is 0.140. The van der Waals surface area contributed by atoms with Crippen LogP contribution in [0.4, 0.5) is 4.39 Å². The molecule has 3 rings (SSSR count). The Morgan fingerprint density at radius 1 is 1.04 bits per heavy atom. The van der Waals surface area contributed by atoms with E-state index in [1.165, 1.54) is 17.7 Å². The lowest BCUT2D eigenvalue weighted by atomic mass is 10.1. The molecular formula is C21H25FN2O2. The quantitative estimate of drug-likeness (QED) is 0.821. The molecule has 4 nitrogen and oxygen atoms in total. The van der Waals surface area contributed by atoms with Crippen LogP contribution in [0.15, 0.2) is 48.5 Å². The van der Waals surface area contributed by atoms with Crippen molar-refractivity contribution in [1.82, 2.24) is 9.80 Å². The first kappa shape index (κ1) is 18.4. The van der Waals surface area contributed by atoms with Crippen molar-refractivity contribution in [3.05, 3.63) is 65.5 Å². The molecule has 2 aromatic rings. The fraction of sp³-hybridized carbons (Fsp3) is 0.381. The van der Waals surface area contributed by atoms with Crippen molar-refractivity contribution in [2.45, 2.75) is 26.5 Å². The molecular weight excluding hydrogens is 331 g/mol. The van der Waals surface area contributed by atoms with Gasteiger partial charge in [0.2, 0.25) is 0 Å². The van der Waals surface area contributed by atoms with Crippen LogP contribution in [0.2, 0.25) is 0 Å². The van der Waals surface area contributed by atoms with Gasteiger partial charge in [0.25, 0.3) is 5.91 Å². The molecule has 1 saturated heterocycles. The molecule has 138 valence electrons. The van der Waals surface area contributed by atoms with Gasteiger partial charge >= 0.3 is 0 Å². The molecule has 1 fully saturated rings. The normalized spacial score (nSPS) is 15.3. The molecule has 0 radical (unpaired) electrons. The van der Waals surface area contributed by atoms with E-state index in [-0.39, 0.29) is 17.8 Å². The number of hydrogen-bond donors (Lipinski definition) is 0. The number of hydrogen-bond acceptors (Lipinski definition) is 3. The number of carbonyl (C=O) groups is 1. The number of piperazine rings is 1. The van der Waals surface area contributed by atoms with Gasteiger partial charge in [-0.2, -0.15) is 0 Å². The van der Waals surface area contributed by atoms with Crippen LogP contribution in [-0.4, -0.2) is 48.0 Å². The maximum atomic E-state index is 13.0. The minimum atomic E-state index is -0.325. The Hall–Kier alpha value is -2.40. The summed E-state index contributed by atoms with van der Waals surface area (Å²) in [6, 6.07) is 13.9. The predicted molar refractivity (Wildman–Crippen MR) is 99.8 cm³/mol. The largest absolute Gasteiger partial charge is 0.491 e. The number of benzene rings is 2. The third kappa shape index (κ3) is 4.61. The monoisotopic (exact) mass is 356 g/mol. The maximum Gasteiger partial charge on any atom is 0.253 e. The highest BCUT2D eigenvalue weighted by Crippen LogP contribution is 2.22. The summed E-state index contributed by atoms with van der Waals surface area (Å²) >= 11 is 0. The zero-order chi connectivity index (χ0) is 18.5.